The molecule has 0 aliphatic heterocycles. The number of aromatic nitrogens is 1. The number of nitrogens with zero attached hydrogens (tertiary/aromatic N) is 2. The van der Waals surface area contributed by atoms with Gasteiger partial charge in [0.15, 0.2) is 0 Å². The highest BCUT2D eigenvalue weighted by atomic mass is 35.5. The smallest absolute Gasteiger partial charge is 0.342 e. The van der Waals surface area contributed by atoms with Gasteiger partial charge in [-0.25, -0.2) is 4.79 Å². The minimum atomic E-state index is -0.526. The summed E-state index contributed by atoms with van der Waals surface area (Å²) in [5.41, 5.74) is 4.32. The number of hydrogen-bond acceptors (Lipinski definition) is 3. The largest absolute Gasteiger partial charge is 0.349 e. The molecule has 3 rings (SSSR count). The van der Waals surface area contributed by atoms with Crippen LogP contribution in [0.25, 0.3) is 10.9 Å². The predicted molar refractivity (Wildman–Crippen MR) is 74.6 cm³/mol. The fraction of sp³-hybridized carbons (Fsp3) is 0.286. The number of rotatable bonds is 2. The third kappa shape index (κ3) is 1.92. The van der Waals surface area contributed by atoms with E-state index in [1.807, 2.05) is 19.2 Å². The minimum Gasteiger partial charge on any atom is -0.342 e. The van der Waals surface area contributed by atoms with E-state index in [2.05, 4.69) is 21.9 Å². The zero-order chi connectivity index (χ0) is 13.4. The molecular formula is C14H13ClN2O2. The molecule has 0 bridgehead atoms. The second kappa shape index (κ2) is 4.70. The molecule has 0 fully saturated rings. The molecule has 0 spiro atoms. The number of oxime groups is 1. The highest BCUT2D eigenvalue weighted by Gasteiger charge is 2.25. The third-order valence-electron chi connectivity index (χ3n) is 3.46. The van der Waals surface area contributed by atoms with Crippen molar-refractivity contribution in [3.05, 3.63) is 35.5 Å². The molecule has 1 aromatic heterocycles. The highest BCUT2D eigenvalue weighted by Crippen LogP contribution is 2.32. The molecule has 1 heterocycles. The summed E-state index contributed by atoms with van der Waals surface area (Å²) in [7, 11) is 2.01. The van der Waals surface area contributed by atoms with Crippen LogP contribution in [0, 0.1) is 0 Å². The van der Waals surface area contributed by atoms with E-state index in [-0.39, 0.29) is 5.88 Å². The molecule has 0 atom stereocenters. The van der Waals surface area contributed by atoms with E-state index in [0.717, 1.165) is 24.2 Å². The van der Waals surface area contributed by atoms with Crippen molar-refractivity contribution < 1.29 is 9.63 Å². The Balaban J connectivity index is 2.07. The SMILES string of the molecule is Cn1c2c(c3ccccc31)CC/C2=N/OC(=O)CCl. The molecule has 0 unspecified atom stereocenters. The standard InChI is InChI=1S/C14H13ClN2O2/c1-17-12-5-3-2-4-9(12)10-6-7-11(14(10)17)16-19-13(18)8-15/h2-5H,6-8H2,1H3/b16-11-. The summed E-state index contributed by atoms with van der Waals surface area (Å²) >= 11 is 5.38. The Labute approximate surface area is 115 Å². The average molecular weight is 277 g/mol. The summed E-state index contributed by atoms with van der Waals surface area (Å²) < 4.78 is 2.10. The lowest BCUT2D eigenvalue weighted by atomic mass is 10.1. The molecule has 19 heavy (non-hydrogen) atoms. The van der Waals surface area contributed by atoms with Crippen molar-refractivity contribution in [2.45, 2.75) is 12.8 Å². The summed E-state index contributed by atoms with van der Waals surface area (Å²) in [6.07, 6.45) is 1.72. The van der Waals surface area contributed by atoms with E-state index in [0.29, 0.717) is 0 Å². The summed E-state index contributed by atoms with van der Waals surface area (Å²) in [6, 6.07) is 8.24. The predicted octanol–water partition coefficient (Wildman–Crippen LogP) is 2.61. The van der Waals surface area contributed by atoms with Crippen molar-refractivity contribution in [3.63, 3.8) is 0 Å². The van der Waals surface area contributed by atoms with Gasteiger partial charge < -0.3 is 9.40 Å². The highest BCUT2D eigenvalue weighted by molar-refractivity contribution is 6.26. The number of benzene rings is 1. The van der Waals surface area contributed by atoms with Crippen LogP contribution in [0.3, 0.4) is 0 Å². The van der Waals surface area contributed by atoms with E-state index >= 15 is 0 Å². The number of alkyl halides is 1. The van der Waals surface area contributed by atoms with E-state index in [1.165, 1.54) is 16.5 Å². The molecule has 0 saturated heterocycles. The minimum absolute atomic E-state index is 0.182. The van der Waals surface area contributed by atoms with Gasteiger partial charge in [-0.05, 0) is 24.5 Å². The zero-order valence-corrected chi connectivity index (χ0v) is 11.3. The molecule has 0 N–H and O–H groups in total. The molecule has 1 aliphatic rings. The van der Waals surface area contributed by atoms with Gasteiger partial charge in [0.25, 0.3) is 0 Å². The molecule has 0 saturated carbocycles. The lowest BCUT2D eigenvalue weighted by Gasteiger charge is -2.03. The van der Waals surface area contributed by atoms with Crippen LogP contribution in [0.5, 0.6) is 0 Å². The first-order valence-corrected chi connectivity index (χ1v) is 6.65. The number of aryl methyl sites for hydroxylation is 2. The second-order valence-corrected chi connectivity index (χ2v) is 4.81. The maximum atomic E-state index is 11.1. The number of fused-ring (bicyclic) bond motifs is 3. The fourth-order valence-electron chi connectivity index (χ4n) is 2.67. The number of carbonyl (C=O) groups is 1. The first-order valence-electron chi connectivity index (χ1n) is 6.11. The first kappa shape index (κ1) is 12.2. The van der Waals surface area contributed by atoms with Crippen LogP contribution >= 0.6 is 11.6 Å². The van der Waals surface area contributed by atoms with E-state index in [1.54, 1.807) is 0 Å². The summed E-state index contributed by atoms with van der Waals surface area (Å²) in [4.78, 5) is 15.9. The van der Waals surface area contributed by atoms with Crippen molar-refractivity contribution in [1.82, 2.24) is 4.57 Å². The summed E-state index contributed by atoms with van der Waals surface area (Å²) in [6.45, 7) is 0. The van der Waals surface area contributed by atoms with Crippen LogP contribution < -0.4 is 0 Å². The Morgan fingerprint density at radius 2 is 2.21 bits per heavy atom. The van der Waals surface area contributed by atoms with Gasteiger partial charge in [0.2, 0.25) is 0 Å². The van der Waals surface area contributed by atoms with Crippen molar-refractivity contribution in [3.8, 4) is 0 Å². The van der Waals surface area contributed by atoms with Gasteiger partial charge in [-0.2, -0.15) is 0 Å². The van der Waals surface area contributed by atoms with E-state index in [4.69, 9.17) is 16.4 Å². The van der Waals surface area contributed by atoms with Crippen molar-refractivity contribution in [2.24, 2.45) is 12.2 Å². The number of halogens is 1. The topological polar surface area (TPSA) is 43.6 Å². The van der Waals surface area contributed by atoms with Crippen LogP contribution in [-0.2, 0) is 23.1 Å². The maximum Gasteiger partial charge on any atom is 0.349 e. The molecule has 98 valence electrons. The Bertz CT molecular complexity index is 688. The Morgan fingerprint density at radius 3 is 3.00 bits per heavy atom. The quantitative estimate of drug-likeness (QED) is 0.481. The number of hydrogen-bond donors (Lipinski definition) is 0. The average Bonchev–Trinajstić information content (AvgIpc) is 2.98. The van der Waals surface area contributed by atoms with Crippen LogP contribution in [-0.4, -0.2) is 22.1 Å². The van der Waals surface area contributed by atoms with Gasteiger partial charge in [-0.1, -0.05) is 23.4 Å². The van der Waals surface area contributed by atoms with Gasteiger partial charge in [-0.15, -0.1) is 11.6 Å². The first-order chi connectivity index (χ1) is 9.22. The van der Waals surface area contributed by atoms with Crippen molar-refractivity contribution in [2.75, 3.05) is 5.88 Å². The van der Waals surface area contributed by atoms with E-state index < -0.39 is 5.97 Å². The number of carbonyl (C=O) groups excluding carboxylic acids is 1. The van der Waals surface area contributed by atoms with Gasteiger partial charge in [-0.3, -0.25) is 0 Å². The molecule has 4 nitrogen and oxygen atoms in total. The number of para-hydroxylation sites is 1. The third-order valence-corrected chi connectivity index (χ3v) is 3.68. The molecule has 0 radical (unpaired) electrons. The molecule has 2 aromatic rings. The van der Waals surface area contributed by atoms with Gasteiger partial charge in [0.05, 0.1) is 5.69 Å². The summed E-state index contributed by atoms with van der Waals surface area (Å²) in [5.74, 6) is -0.708. The van der Waals surface area contributed by atoms with Crippen LogP contribution in [0.15, 0.2) is 29.4 Å². The Hall–Kier alpha value is -1.81. The maximum absolute atomic E-state index is 11.1. The normalized spacial score (nSPS) is 16.0. The van der Waals surface area contributed by atoms with Gasteiger partial charge in [0, 0.05) is 18.0 Å². The molecule has 1 aliphatic carbocycles. The summed E-state index contributed by atoms with van der Waals surface area (Å²) in [5, 5.41) is 5.20. The van der Waals surface area contributed by atoms with Crippen LogP contribution in [0.2, 0.25) is 0 Å². The van der Waals surface area contributed by atoms with Crippen LogP contribution in [0.1, 0.15) is 17.7 Å². The molecular weight excluding hydrogens is 264 g/mol. The van der Waals surface area contributed by atoms with Gasteiger partial charge in [0.1, 0.15) is 11.6 Å². The molecule has 0 amide bonds. The van der Waals surface area contributed by atoms with Crippen molar-refractivity contribution >= 4 is 34.2 Å². The fourth-order valence-corrected chi connectivity index (χ4v) is 2.72. The van der Waals surface area contributed by atoms with Gasteiger partial charge >= 0.3 is 5.97 Å². The van der Waals surface area contributed by atoms with Crippen LogP contribution in [0.4, 0.5) is 0 Å². The monoisotopic (exact) mass is 276 g/mol. The zero-order valence-electron chi connectivity index (χ0n) is 10.5. The molecule has 1 aromatic carbocycles. The van der Waals surface area contributed by atoms with E-state index in [9.17, 15) is 4.79 Å². The molecule has 5 heteroatoms. The lowest BCUT2D eigenvalue weighted by Crippen LogP contribution is -2.07. The second-order valence-electron chi connectivity index (χ2n) is 4.54. The van der Waals surface area contributed by atoms with Crippen molar-refractivity contribution in [1.29, 1.82) is 0 Å². The Morgan fingerprint density at radius 1 is 1.42 bits per heavy atom. The lowest BCUT2D eigenvalue weighted by molar-refractivity contribution is -0.140. The Kier molecular flexibility index (Phi) is 3.03.